The topological polar surface area (TPSA) is 74.8 Å². The fraction of sp³-hybridized carbons (Fsp3) is 0.333. The monoisotopic (exact) mass is 366 g/mol. The van der Waals surface area contributed by atoms with Crippen molar-refractivity contribution in [1.82, 2.24) is 10.6 Å². The molecule has 6 nitrogen and oxygen atoms in total. The van der Waals surface area contributed by atoms with Gasteiger partial charge in [-0.3, -0.25) is 9.79 Å². The second-order valence-corrected chi connectivity index (χ2v) is 6.52. The molecule has 0 spiro atoms. The summed E-state index contributed by atoms with van der Waals surface area (Å²) in [6.45, 7) is 3.72. The molecule has 0 aromatic heterocycles. The first-order chi connectivity index (χ1) is 13.1. The molecule has 142 valence electrons. The molecule has 3 N–H and O–H groups in total. The smallest absolute Gasteiger partial charge is 0.221 e. The highest BCUT2D eigenvalue weighted by atomic mass is 16.5. The Morgan fingerprint density at radius 2 is 2.04 bits per heavy atom. The van der Waals surface area contributed by atoms with E-state index in [0.29, 0.717) is 6.54 Å². The average molecular weight is 366 g/mol. The molecule has 3 rings (SSSR count). The van der Waals surface area contributed by atoms with E-state index in [0.717, 1.165) is 49.0 Å². The Balaban J connectivity index is 1.46. The Labute approximate surface area is 160 Å². The maximum atomic E-state index is 11.2. The molecule has 1 amide bonds. The predicted molar refractivity (Wildman–Crippen MR) is 108 cm³/mol. The van der Waals surface area contributed by atoms with E-state index in [1.165, 1.54) is 18.1 Å². The van der Waals surface area contributed by atoms with Crippen molar-refractivity contribution in [3.63, 3.8) is 0 Å². The van der Waals surface area contributed by atoms with Crippen molar-refractivity contribution in [2.45, 2.75) is 26.3 Å². The van der Waals surface area contributed by atoms with Gasteiger partial charge in [-0.25, -0.2) is 0 Å². The number of carbonyl (C=O) groups excluding carboxylic acids is 1. The first kappa shape index (κ1) is 18.8. The number of carbonyl (C=O) groups is 1. The summed E-state index contributed by atoms with van der Waals surface area (Å²) in [5.74, 6) is 1.70. The van der Waals surface area contributed by atoms with Crippen molar-refractivity contribution < 1.29 is 9.53 Å². The number of hydrogen-bond acceptors (Lipinski definition) is 3. The molecule has 1 heterocycles. The van der Waals surface area contributed by atoms with Crippen LogP contribution in [0.25, 0.3) is 0 Å². The molecular formula is C21H26N4O2. The molecule has 0 atom stereocenters. The van der Waals surface area contributed by atoms with Gasteiger partial charge in [-0.1, -0.05) is 24.3 Å². The van der Waals surface area contributed by atoms with Crippen molar-refractivity contribution in [2.24, 2.45) is 4.99 Å². The molecule has 2 aromatic rings. The zero-order valence-electron chi connectivity index (χ0n) is 15.8. The van der Waals surface area contributed by atoms with E-state index in [-0.39, 0.29) is 5.91 Å². The van der Waals surface area contributed by atoms with Crippen LogP contribution in [0.15, 0.2) is 47.5 Å². The Kier molecular flexibility index (Phi) is 6.30. The van der Waals surface area contributed by atoms with Gasteiger partial charge in [0.15, 0.2) is 5.96 Å². The molecular weight excluding hydrogens is 340 g/mol. The fourth-order valence-electron chi connectivity index (χ4n) is 3.09. The van der Waals surface area contributed by atoms with Gasteiger partial charge < -0.3 is 20.7 Å². The molecule has 0 saturated carbocycles. The number of rotatable bonds is 6. The summed E-state index contributed by atoms with van der Waals surface area (Å²) < 4.78 is 5.55. The van der Waals surface area contributed by atoms with Gasteiger partial charge in [-0.2, -0.15) is 0 Å². The van der Waals surface area contributed by atoms with Gasteiger partial charge in [0.1, 0.15) is 5.75 Å². The first-order valence-electron chi connectivity index (χ1n) is 9.19. The summed E-state index contributed by atoms with van der Waals surface area (Å²) in [7, 11) is 1.76. The third-order valence-corrected chi connectivity index (χ3v) is 4.39. The number of nitrogens with zero attached hydrogens (tertiary/aromatic N) is 1. The number of aliphatic imine (C=N–C) groups is 1. The van der Waals surface area contributed by atoms with Crippen LogP contribution in [-0.2, 0) is 24.2 Å². The van der Waals surface area contributed by atoms with Gasteiger partial charge in [0.05, 0.1) is 6.61 Å². The zero-order valence-corrected chi connectivity index (χ0v) is 15.8. The molecule has 0 radical (unpaired) electrons. The molecule has 2 aromatic carbocycles. The third-order valence-electron chi connectivity index (χ3n) is 4.39. The van der Waals surface area contributed by atoms with Gasteiger partial charge in [-0.15, -0.1) is 0 Å². The Hall–Kier alpha value is -3.02. The summed E-state index contributed by atoms with van der Waals surface area (Å²) in [5.41, 5.74) is 4.47. The van der Waals surface area contributed by atoms with Crippen LogP contribution in [-0.4, -0.2) is 32.1 Å². The van der Waals surface area contributed by atoms with Crippen LogP contribution in [0.2, 0.25) is 0 Å². The lowest BCUT2D eigenvalue weighted by molar-refractivity contribution is -0.114. The Morgan fingerprint density at radius 3 is 2.85 bits per heavy atom. The normalized spacial score (nSPS) is 12.9. The number of anilines is 1. The van der Waals surface area contributed by atoms with E-state index in [2.05, 4.69) is 39.1 Å². The largest absolute Gasteiger partial charge is 0.493 e. The number of amides is 1. The van der Waals surface area contributed by atoms with Gasteiger partial charge >= 0.3 is 0 Å². The fourth-order valence-corrected chi connectivity index (χ4v) is 3.09. The second-order valence-electron chi connectivity index (χ2n) is 6.52. The predicted octanol–water partition coefficient (Wildman–Crippen LogP) is 2.49. The van der Waals surface area contributed by atoms with E-state index in [1.54, 1.807) is 7.05 Å². The first-order valence-corrected chi connectivity index (χ1v) is 9.19. The van der Waals surface area contributed by atoms with Crippen LogP contribution in [0.3, 0.4) is 0 Å². The van der Waals surface area contributed by atoms with Gasteiger partial charge in [0, 0.05) is 39.2 Å². The Morgan fingerprint density at radius 1 is 1.15 bits per heavy atom. The maximum Gasteiger partial charge on any atom is 0.221 e. The zero-order chi connectivity index (χ0) is 19.1. The number of nitrogens with one attached hydrogen (secondary N) is 3. The van der Waals surface area contributed by atoms with Gasteiger partial charge in [0.25, 0.3) is 0 Å². The Bertz CT molecular complexity index is 833. The molecule has 1 aliphatic rings. The van der Waals surface area contributed by atoms with Crippen LogP contribution in [0.5, 0.6) is 5.75 Å². The van der Waals surface area contributed by atoms with Gasteiger partial charge in [0.2, 0.25) is 5.91 Å². The molecule has 27 heavy (non-hydrogen) atoms. The summed E-state index contributed by atoms with van der Waals surface area (Å²) in [4.78, 5) is 15.4. The minimum absolute atomic E-state index is 0.0734. The molecule has 0 aliphatic carbocycles. The highest BCUT2D eigenvalue weighted by Gasteiger charge is 2.11. The highest BCUT2D eigenvalue weighted by molar-refractivity contribution is 5.88. The van der Waals surface area contributed by atoms with E-state index in [4.69, 9.17) is 4.74 Å². The quantitative estimate of drug-likeness (QED) is 0.542. The van der Waals surface area contributed by atoms with Crippen LogP contribution >= 0.6 is 0 Å². The van der Waals surface area contributed by atoms with Crippen molar-refractivity contribution >= 4 is 17.6 Å². The van der Waals surface area contributed by atoms with Crippen LogP contribution in [0, 0.1) is 0 Å². The summed E-state index contributed by atoms with van der Waals surface area (Å²) >= 11 is 0. The number of ether oxygens (including phenoxy) is 1. The SMILES string of the molecule is CN=C(NCCc1ccc2c(c1)CCO2)NCc1cccc(NC(C)=O)c1. The summed E-state index contributed by atoms with van der Waals surface area (Å²) in [6.07, 6.45) is 1.92. The second kappa shape index (κ2) is 9.07. The standard InChI is InChI=1S/C21H26N4O2/c1-15(26)25-19-5-3-4-17(13-19)14-24-21(22-2)23-10-8-16-6-7-20-18(12-16)9-11-27-20/h3-7,12-13H,8-11,14H2,1-2H3,(H,25,26)(H2,22,23,24). The lowest BCUT2D eigenvalue weighted by Crippen LogP contribution is -2.37. The number of hydrogen-bond donors (Lipinski definition) is 3. The highest BCUT2D eigenvalue weighted by Crippen LogP contribution is 2.25. The number of guanidine groups is 1. The summed E-state index contributed by atoms with van der Waals surface area (Å²) in [6, 6.07) is 14.2. The van der Waals surface area contributed by atoms with Crippen molar-refractivity contribution in [1.29, 1.82) is 0 Å². The van der Waals surface area contributed by atoms with Crippen molar-refractivity contribution in [2.75, 3.05) is 25.5 Å². The molecule has 0 saturated heterocycles. The molecule has 0 fully saturated rings. The average Bonchev–Trinajstić information content (AvgIpc) is 3.12. The molecule has 0 bridgehead atoms. The van der Waals surface area contributed by atoms with Crippen molar-refractivity contribution in [3.8, 4) is 5.75 Å². The van der Waals surface area contributed by atoms with Crippen molar-refractivity contribution in [3.05, 3.63) is 59.2 Å². The maximum absolute atomic E-state index is 11.2. The lowest BCUT2D eigenvalue weighted by Gasteiger charge is -2.13. The third kappa shape index (κ3) is 5.48. The van der Waals surface area contributed by atoms with E-state index < -0.39 is 0 Å². The number of benzene rings is 2. The lowest BCUT2D eigenvalue weighted by atomic mass is 10.1. The minimum atomic E-state index is -0.0734. The molecule has 6 heteroatoms. The summed E-state index contributed by atoms with van der Waals surface area (Å²) in [5, 5.41) is 9.44. The van der Waals surface area contributed by atoms with E-state index in [9.17, 15) is 4.79 Å². The molecule has 0 unspecified atom stereocenters. The van der Waals surface area contributed by atoms with Crippen LogP contribution < -0.4 is 20.7 Å². The van der Waals surface area contributed by atoms with E-state index >= 15 is 0 Å². The van der Waals surface area contributed by atoms with Crippen LogP contribution in [0.1, 0.15) is 23.6 Å². The van der Waals surface area contributed by atoms with Gasteiger partial charge in [-0.05, 0) is 41.3 Å². The minimum Gasteiger partial charge on any atom is -0.493 e. The molecule has 1 aliphatic heterocycles. The number of fused-ring (bicyclic) bond motifs is 1. The van der Waals surface area contributed by atoms with E-state index in [1.807, 2.05) is 24.3 Å². The van der Waals surface area contributed by atoms with Crippen LogP contribution in [0.4, 0.5) is 5.69 Å².